The first-order valence-corrected chi connectivity index (χ1v) is 6.61. The summed E-state index contributed by atoms with van der Waals surface area (Å²) in [7, 11) is 1.59. The highest BCUT2D eigenvalue weighted by atomic mass is 79.9. The van der Waals surface area contributed by atoms with E-state index in [1.165, 1.54) is 0 Å². The Balaban J connectivity index is 2.16. The van der Waals surface area contributed by atoms with Crippen LogP contribution in [0, 0.1) is 6.92 Å². The van der Waals surface area contributed by atoms with Gasteiger partial charge in [-0.1, -0.05) is 17.7 Å². The van der Waals surface area contributed by atoms with E-state index in [4.69, 9.17) is 4.74 Å². The van der Waals surface area contributed by atoms with Crippen LogP contribution in [0.25, 0.3) is 0 Å². The number of hydrogen-bond acceptors (Lipinski definition) is 2. The number of ether oxygens (including phenoxy) is 1. The maximum absolute atomic E-state index is 12.1. The van der Waals surface area contributed by atoms with Crippen molar-refractivity contribution in [2.75, 3.05) is 12.4 Å². The van der Waals surface area contributed by atoms with Crippen LogP contribution in [0.15, 0.2) is 46.9 Å². The molecule has 0 aliphatic heterocycles. The van der Waals surface area contributed by atoms with Gasteiger partial charge in [0.15, 0.2) is 0 Å². The fraction of sp³-hybridized carbons (Fsp3) is 0.133. The van der Waals surface area contributed by atoms with Gasteiger partial charge in [0.05, 0.1) is 11.6 Å². The topological polar surface area (TPSA) is 38.3 Å². The number of benzene rings is 2. The molecular weight excluding hydrogens is 306 g/mol. The summed E-state index contributed by atoms with van der Waals surface area (Å²) in [6, 6.07) is 12.9. The van der Waals surface area contributed by atoms with E-state index in [9.17, 15) is 4.79 Å². The molecule has 1 amide bonds. The summed E-state index contributed by atoms with van der Waals surface area (Å²) in [4.78, 5) is 12.1. The van der Waals surface area contributed by atoms with E-state index in [-0.39, 0.29) is 5.91 Å². The number of hydrogen-bond donors (Lipinski definition) is 1. The molecule has 98 valence electrons. The molecule has 0 aromatic heterocycles. The first kappa shape index (κ1) is 13.6. The molecule has 0 spiro atoms. The highest BCUT2D eigenvalue weighted by Gasteiger charge is 2.09. The van der Waals surface area contributed by atoms with Crippen molar-refractivity contribution in [3.05, 3.63) is 58.1 Å². The molecule has 0 aliphatic carbocycles. The summed E-state index contributed by atoms with van der Waals surface area (Å²) < 4.78 is 5.89. The van der Waals surface area contributed by atoms with Crippen molar-refractivity contribution in [3.8, 4) is 5.75 Å². The third kappa shape index (κ3) is 3.35. The minimum atomic E-state index is -0.146. The van der Waals surface area contributed by atoms with Gasteiger partial charge in [0.2, 0.25) is 0 Å². The molecule has 0 radical (unpaired) electrons. The Morgan fingerprint density at radius 2 is 1.84 bits per heavy atom. The first-order chi connectivity index (χ1) is 9.10. The van der Waals surface area contributed by atoms with Crippen molar-refractivity contribution in [1.29, 1.82) is 0 Å². The van der Waals surface area contributed by atoms with Gasteiger partial charge in [0, 0.05) is 11.3 Å². The molecular formula is C15H14BrNO2. The maximum Gasteiger partial charge on any atom is 0.255 e. The summed E-state index contributed by atoms with van der Waals surface area (Å²) in [6.07, 6.45) is 0. The molecule has 0 fully saturated rings. The lowest BCUT2D eigenvalue weighted by atomic mass is 10.2. The third-order valence-corrected chi connectivity index (χ3v) is 3.34. The number of anilines is 1. The number of rotatable bonds is 3. The van der Waals surface area contributed by atoms with Gasteiger partial charge in [0.1, 0.15) is 5.75 Å². The molecule has 19 heavy (non-hydrogen) atoms. The quantitative estimate of drug-likeness (QED) is 0.928. The van der Waals surface area contributed by atoms with E-state index in [1.807, 2.05) is 31.2 Å². The predicted molar refractivity (Wildman–Crippen MR) is 79.8 cm³/mol. The second-order valence-electron chi connectivity index (χ2n) is 4.17. The van der Waals surface area contributed by atoms with E-state index in [2.05, 4.69) is 21.2 Å². The average Bonchev–Trinajstić information content (AvgIpc) is 2.41. The van der Waals surface area contributed by atoms with Gasteiger partial charge >= 0.3 is 0 Å². The van der Waals surface area contributed by atoms with E-state index >= 15 is 0 Å². The standard InChI is InChI=1S/C15H14BrNO2/c1-10-3-6-12(7-4-10)17-15(18)11-5-8-14(19-2)13(16)9-11/h3-9H,1-2H3,(H,17,18). The molecule has 0 bridgehead atoms. The molecule has 2 rings (SSSR count). The molecule has 0 heterocycles. The lowest BCUT2D eigenvalue weighted by Gasteiger charge is -2.08. The number of carbonyl (C=O) groups is 1. The van der Waals surface area contributed by atoms with Crippen molar-refractivity contribution in [2.45, 2.75) is 6.92 Å². The molecule has 3 nitrogen and oxygen atoms in total. The summed E-state index contributed by atoms with van der Waals surface area (Å²) in [5, 5.41) is 2.85. The van der Waals surface area contributed by atoms with Gasteiger partial charge in [-0.2, -0.15) is 0 Å². The largest absolute Gasteiger partial charge is 0.496 e. The normalized spacial score (nSPS) is 10.1. The minimum Gasteiger partial charge on any atom is -0.496 e. The van der Waals surface area contributed by atoms with Crippen molar-refractivity contribution < 1.29 is 9.53 Å². The fourth-order valence-corrected chi connectivity index (χ4v) is 2.19. The van der Waals surface area contributed by atoms with Gasteiger partial charge in [0.25, 0.3) is 5.91 Å². The second kappa shape index (κ2) is 5.89. The Hall–Kier alpha value is -1.81. The SMILES string of the molecule is COc1ccc(C(=O)Nc2ccc(C)cc2)cc1Br. The molecule has 0 saturated heterocycles. The van der Waals surface area contributed by atoms with Crippen LogP contribution in [0.2, 0.25) is 0 Å². The van der Waals surface area contributed by atoms with Crippen molar-refractivity contribution >= 4 is 27.5 Å². The Kier molecular flexibility index (Phi) is 4.22. The van der Waals surface area contributed by atoms with Crippen molar-refractivity contribution in [3.63, 3.8) is 0 Å². The molecule has 0 aliphatic rings. The third-order valence-electron chi connectivity index (χ3n) is 2.72. The van der Waals surface area contributed by atoms with Crippen molar-refractivity contribution in [2.24, 2.45) is 0 Å². The van der Waals surface area contributed by atoms with Crippen LogP contribution in [0.3, 0.4) is 0 Å². The Labute approximate surface area is 120 Å². The molecule has 0 atom stereocenters. The number of aryl methyl sites for hydroxylation is 1. The second-order valence-corrected chi connectivity index (χ2v) is 5.02. The van der Waals surface area contributed by atoms with Crippen LogP contribution in [0.5, 0.6) is 5.75 Å². The van der Waals surface area contributed by atoms with Crippen LogP contribution >= 0.6 is 15.9 Å². The molecule has 0 unspecified atom stereocenters. The molecule has 4 heteroatoms. The van der Waals surface area contributed by atoms with E-state index in [0.717, 1.165) is 15.7 Å². The predicted octanol–water partition coefficient (Wildman–Crippen LogP) is 4.02. The van der Waals surface area contributed by atoms with E-state index in [1.54, 1.807) is 25.3 Å². The van der Waals surface area contributed by atoms with Gasteiger partial charge < -0.3 is 10.1 Å². The number of nitrogens with one attached hydrogen (secondary N) is 1. The Morgan fingerprint density at radius 3 is 2.42 bits per heavy atom. The monoisotopic (exact) mass is 319 g/mol. The van der Waals surface area contributed by atoms with Gasteiger partial charge in [-0.25, -0.2) is 0 Å². The zero-order valence-corrected chi connectivity index (χ0v) is 12.3. The molecule has 2 aromatic rings. The van der Waals surface area contributed by atoms with Gasteiger partial charge in [-0.3, -0.25) is 4.79 Å². The van der Waals surface area contributed by atoms with Gasteiger partial charge in [-0.05, 0) is 53.2 Å². The molecule has 1 N–H and O–H groups in total. The first-order valence-electron chi connectivity index (χ1n) is 5.81. The molecule has 0 saturated carbocycles. The van der Waals surface area contributed by atoms with Crippen molar-refractivity contribution in [1.82, 2.24) is 0 Å². The van der Waals surface area contributed by atoms with Crippen LogP contribution in [-0.2, 0) is 0 Å². The van der Waals surface area contributed by atoms with Crippen LogP contribution in [-0.4, -0.2) is 13.0 Å². The average molecular weight is 320 g/mol. The zero-order chi connectivity index (χ0) is 13.8. The van der Waals surface area contributed by atoms with E-state index in [0.29, 0.717) is 11.3 Å². The number of methoxy groups -OCH3 is 1. The highest BCUT2D eigenvalue weighted by Crippen LogP contribution is 2.25. The summed E-state index contributed by atoms with van der Waals surface area (Å²) >= 11 is 3.37. The van der Waals surface area contributed by atoms with Gasteiger partial charge in [-0.15, -0.1) is 0 Å². The smallest absolute Gasteiger partial charge is 0.255 e. The minimum absolute atomic E-state index is 0.146. The Bertz CT molecular complexity index is 594. The van der Waals surface area contributed by atoms with E-state index < -0.39 is 0 Å². The molecule has 2 aromatic carbocycles. The number of amides is 1. The summed E-state index contributed by atoms with van der Waals surface area (Å²) in [5.41, 5.74) is 2.51. The summed E-state index contributed by atoms with van der Waals surface area (Å²) in [5.74, 6) is 0.555. The lowest BCUT2D eigenvalue weighted by molar-refractivity contribution is 0.102. The number of halogens is 1. The number of carbonyl (C=O) groups excluding carboxylic acids is 1. The lowest BCUT2D eigenvalue weighted by Crippen LogP contribution is -2.11. The maximum atomic E-state index is 12.1. The van der Waals surface area contributed by atoms with Crippen LogP contribution in [0.1, 0.15) is 15.9 Å². The zero-order valence-electron chi connectivity index (χ0n) is 10.7. The van der Waals surface area contributed by atoms with Crippen LogP contribution in [0.4, 0.5) is 5.69 Å². The highest BCUT2D eigenvalue weighted by molar-refractivity contribution is 9.10. The van der Waals surface area contributed by atoms with Crippen LogP contribution < -0.4 is 10.1 Å². The Morgan fingerprint density at radius 1 is 1.16 bits per heavy atom. The summed E-state index contributed by atoms with van der Waals surface area (Å²) in [6.45, 7) is 2.01. The fourth-order valence-electron chi connectivity index (χ4n) is 1.65.